The largest absolute Gasteiger partial charge is 0.508 e. The van der Waals surface area contributed by atoms with Crippen molar-refractivity contribution in [3.8, 4) is 16.9 Å². The van der Waals surface area contributed by atoms with Crippen LogP contribution in [-0.4, -0.2) is 33.7 Å². The third-order valence-electron chi connectivity index (χ3n) is 5.62. The van der Waals surface area contributed by atoms with E-state index in [4.69, 9.17) is 0 Å². The van der Waals surface area contributed by atoms with Crippen molar-refractivity contribution in [1.82, 2.24) is 10.3 Å². The summed E-state index contributed by atoms with van der Waals surface area (Å²) in [6, 6.07) is 17.5. The standard InChI is InChI=1S/C27H23N3O5/c1-15(29-27(35)19-5-3-17(4-6-19)18-7-10-21(32)11-8-18)26(34)30-20-9-12-24-22(13-20)25(33)23(14-28-24)16(2)31/h3-15,32H,1-2H3,(H,28,33)(H,29,35)(H,30,34)/t15-/m0/s1. The SMILES string of the molecule is CC(=O)c1c[nH]c2ccc(NC(=O)[C@H](C)NC(=O)c3ccc(-c4ccc(O)cc4)cc3)cc2c1=O. The van der Waals surface area contributed by atoms with Gasteiger partial charge in [0.15, 0.2) is 11.2 Å². The minimum absolute atomic E-state index is 0.0398. The second-order valence-corrected chi connectivity index (χ2v) is 8.16. The zero-order valence-corrected chi connectivity index (χ0v) is 19.1. The number of phenols is 1. The van der Waals surface area contributed by atoms with Crippen LogP contribution in [-0.2, 0) is 4.79 Å². The molecule has 0 aliphatic heterocycles. The molecule has 0 unspecified atom stereocenters. The second kappa shape index (κ2) is 9.64. The molecule has 3 aromatic carbocycles. The van der Waals surface area contributed by atoms with E-state index < -0.39 is 23.3 Å². The Hall–Kier alpha value is -4.72. The van der Waals surface area contributed by atoms with Gasteiger partial charge in [-0.1, -0.05) is 24.3 Å². The molecule has 4 aromatic rings. The number of fused-ring (bicyclic) bond motifs is 1. The van der Waals surface area contributed by atoms with Gasteiger partial charge in [-0.05, 0) is 67.4 Å². The second-order valence-electron chi connectivity index (χ2n) is 8.16. The monoisotopic (exact) mass is 469 g/mol. The highest BCUT2D eigenvalue weighted by Crippen LogP contribution is 2.22. The number of Topliss-reactive ketones (excluding diaryl/α,β-unsaturated/α-hetero) is 1. The van der Waals surface area contributed by atoms with Gasteiger partial charge < -0.3 is 20.7 Å². The van der Waals surface area contributed by atoms with Crippen molar-refractivity contribution in [3.05, 3.63) is 94.3 Å². The molecular formula is C27H23N3O5. The number of phenolic OH excluding ortho intramolecular Hbond substituents is 1. The summed E-state index contributed by atoms with van der Waals surface area (Å²) in [4.78, 5) is 52.4. The van der Waals surface area contributed by atoms with E-state index in [9.17, 15) is 24.3 Å². The highest BCUT2D eigenvalue weighted by molar-refractivity contribution is 6.02. The van der Waals surface area contributed by atoms with Crippen molar-refractivity contribution < 1.29 is 19.5 Å². The molecule has 1 atom stereocenters. The molecular weight excluding hydrogens is 446 g/mol. The Morgan fingerprint density at radius 2 is 1.54 bits per heavy atom. The van der Waals surface area contributed by atoms with Crippen LogP contribution in [0.1, 0.15) is 34.6 Å². The first-order chi connectivity index (χ1) is 16.7. The van der Waals surface area contributed by atoms with Gasteiger partial charge >= 0.3 is 0 Å². The number of hydrogen-bond donors (Lipinski definition) is 4. The summed E-state index contributed by atoms with van der Waals surface area (Å²) in [5.41, 5.74) is 2.69. The fourth-order valence-electron chi connectivity index (χ4n) is 3.62. The lowest BCUT2D eigenvalue weighted by Crippen LogP contribution is -2.41. The van der Waals surface area contributed by atoms with Crippen LogP contribution in [0.2, 0.25) is 0 Å². The van der Waals surface area contributed by atoms with Crippen LogP contribution in [0.4, 0.5) is 5.69 Å². The van der Waals surface area contributed by atoms with Crippen molar-refractivity contribution in [3.63, 3.8) is 0 Å². The van der Waals surface area contributed by atoms with E-state index in [2.05, 4.69) is 15.6 Å². The normalized spacial score (nSPS) is 11.6. The van der Waals surface area contributed by atoms with Crippen LogP contribution in [0, 0.1) is 0 Å². The van der Waals surface area contributed by atoms with E-state index in [1.165, 1.54) is 19.2 Å². The summed E-state index contributed by atoms with van der Waals surface area (Å²) in [6.07, 6.45) is 1.38. The molecule has 4 N–H and O–H groups in total. The van der Waals surface area contributed by atoms with Crippen LogP contribution in [0.25, 0.3) is 22.0 Å². The smallest absolute Gasteiger partial charge is 0.251 e. The average molecular weight is 469 g/mol. The van der Waals surface area contributed by atoms with E-state index in [0.29, 0.717) is 16.8 Å². The number of ketones is 1. The number of aromatic amines is 1. The highest BCUT2D eigenvalue weighted by atomic mass is 16.3. The maximum absolute atomic E-state index is 12.7. The lowest BCUT2D eigenvalue weighted by Gasteiger charge is -2.15. The predicted octanol–water partition coefficient (Wildman–Crippen LogP) is 3.86. The van der Waals surface area contributed by atoms with E-state index in [1.807, 2.05) is 0 Å². The molecule has 0 aliphatic carbocycles. The van der Waals surface area contributed by atoms with Crippen molar-refractivity contribution in [1.29, 1.82) is 0 Å². The minimum Gasteiger partial charge on any atom is -0.508 e. The van der Waals surface area contributed by atoms with Gasteiger partial charge in [-0.2, -0.15) is 0 Å². The molecule has 8 nitrogen and oxygen atoms in total. The van der Waals surface area contributed by atoms with Crippen molar-refractivity contribution in [2.45, 2.75) is 19.9 Å². The van der Waals surface area contributed by atoms with Crippen molar-refractivity contribution in [2.24, 2.45) is 0 Å². The van der Waals surface area contributed by atoms with E-state index in [1.54, 1.807) is 67.6 Å². The number of aromatic hydroxyl groups is 1. The van der Waals surface area contributed by atoms with Crippen LogP contribution in [0.15, 0.2) is 77.7 Å². The first-order valence-electron chi connectivity index (χ1n) is 10.9. The zero-order chi connectivity index (χ0) is 25.1. The lowest BCUT2D eigenvalue weighted by atomic mass is 10.0. The summed E-state index contributed by atoms with van der Waals surface area (Å²) in [6.45, 7) is 2.87. The van der Waals surface area contributed by atoms with Gasteiger partial charge in [0, 0.05) is 28.4 Å². The number of anilines is 1. The number of nitrogens with one attached hydrogen (secondary N) is 3. The first kappa shape index (κ1) is 23.4. The molecule has 0 radical (unpaired) electrons. The van der Waals surface area contributed by atoms with Gasteiger partial charge in [0.2, 0.25) is 5.91 Å². The van der Waals surface area contributed by atoms with Crippen molar-refractivity contribution >= 4 is 34.2 Å². The molecule has 0 spiro atoms. The van der Waals surface area contributed by atoms with Gasteiger partial charge in [-0.25, -0.2) is 0 Å². The molecule has 176 valence electrons. The number of benzene rings is 3. The van der Waals surface area contributed by atoms with E-state index in [0.717, 1.165) is 11.1 Å². The van der Waals surface area contributed by atoms with E-state index >= 15 is 0 Å². The van der Waals surface area contributed by atoms with Gasteiger partial charge in [0.05, 0.1) is 5.56 Å². The minimum atomic E-state index is -0.850. The lowest BCUT2D eigenvalue weighted by molar-refractivity contribution is -0.117. The fraction of sp³-hybridized carbons (Fsp3) is 0.111. The number of H-pyrrole nitrogens is 1. The number of aromatic nitrogens is 1. The maximum atomic E-state index is 12.7. The predicted molar refractivity (Wildman–Crippen MR) is 134 cm³/mol. The Balaban J connectivity index is 1.43. The molecule has 0 aliphatic rings. The molecule has 2 amide bonds. The Morgan fingerprint density at radius 3 is 2.17 bits per heavy atom. The molecule has 4 rings (SSSR count). The maximum Gasteiger partial charge on any atom is 0.251 e. The molecule has 0 bridgehead atoms. The number of hydrogen-bond acceptors (Lipinski definition) is 5. The third-order valence-corrected chi connectivity index (χ3v) is 5.62. The molecule has 35 heavy (non-hydrogen) atoms. The van der Waals surface area contributed by atoms with Crippen LogP contribution >= 0.6 is 0 Å². The van der Waals surface area contributed by atoms with Gasteiger partial charge in [-0.3, -0.25) is 19.2 Å². The molecule has 1 heterocycles. The highest BCUT2D eigenvalue weighted by Gasteiger charge is 2.18. The third kappa shape index (κ3) is 5.11. The molecule has 1 aromatic heterocycles. The van der Waals surface area contributed by atoms with Gasteiger partial charge in [0.1, 0.15) is 11.8 Å². The number of carbonyl (C=O) groups excluding carboxylic acids is 3. The first-order valence-corrected chi connectivity index (χ1v) is 10.9. The molecule has 0 fully saturated rings. The Bertz CT molecular complexity index is 1490. The Morgan fingerprint density at radius 1 is 0.914 bits per heavy atom. The number of amides is 2. The summed E-state index contributed by atoms with van der Waals surface area (Å²) in [7, 11) is 0. The Kier molecular flexibility index (Phi) is 6.46. The summed E-state index contributed by atoms with van der Waals surface area (Å²) in [5, 5.41) is 15.0. The van der Waals surface area contributed by atoms with Crippen molar-refractivity contribution in [2.75, 3.05) is 5.32 Å². The Labute approximate surface area is 200 Å². The molecule has 0 saturated carbocycles. The van der Waals surface area contributed by atoms with Crippen LogP contribution < -0.4 is 16.1 Å². The fourth-order valence-corrected chi connectivity index (χ4v) is 3.62. The summed E-state index contributed by atoms with van der Waals surface area (Å²) in [5.74, 6) is -1.05. The quantitative estimate of drug-likeness (QED) is 0.319. The summed E-state index contributed by atoms with van der Waals surface area (Å²) < 4.78 is 0. The topological polar surface area (TPSA) is 128 Å². The number of carbonyl (C=O) groups is 3. The van der Waals surface area contributed by atoms with Crippen LogP contribution in [0.5, 0.6) is 5.75 Å². The molecule has 0 saturated heterocycles. The van der Waals surface area contributed by atoms with Crippen LogP contribution in [0.3, 0.4) is 0 Å². The number of rotatable bonds is 6. The summed E-state index contributed by atoms with van der Waals surface area (Å²) >= 11 is 0. The number of pyridine rings is 1. The van der Waals surface area contributed by atoms with Gasteiger partial charge in [0.25, 0.3) is 5.91 Å². The van der Waals surface area contributed by atoms with Gasteiger partial charge in [-0.15, -0.1) is 0 Å². The zero-order valence-electron chi connectivity index (χ0n) is 19.1. The average Bonchev–Trinajstić information content (AvgIpc) is 2.85. The van der Waals surface area contributed by atoms with E-state index in [-0.39, 0.29) is 22.5 Å². The molecule has 8 heteroatoms.